The zero-order chi connectivity index (χ0) is 24.2. The summed E-state index contributed by atoms with van der Waals surface area (Å²) in [7, 11) is 0. The average Bonchev–Trinajstić information content (AvgIpc) is 3.22. The number of nitrogens with zero attached hydrogens (tertiary/aromatic N) is 1. The van der Waals surface area contributed by atoms with Gasteiger partial charge in [0.1, 0.15) is 30.5 Å². The smallest absolute Gasteiger partial charge is 0.410 e. The molecule has 1 aliphatic heterocycles. The van der Waals surface area contributed by atoms with Crippen molar-refractivity contribution in [1.82, 2.24) is 4.90 Å². The van der Waals surface area contributed by atoms with Gasteiger partial charge < -0.3 is 24.4 Å². The molecule has 2 aliphatic rings. The number of benzene rings is 3. The van der Waals surface area contributed by atoms with E-state index >= 15 is 0 Å². The fourth-order valence-corrected chi connectivity index (χ4v) is 4.84. The first-order valence-corrected chi connectivity index (χ1v) is 11.8. The van der Waals surface area contributed by atoms with Crippen LogP contribution in [0.3, 0.4) is 0 Å². The first-order chi connectivity index (χ1) is 17.1. The second-order valence-corrected chi connectivity index (χ2v) is 8.96. The highest BCUT2D eigenvalue weighted by molar-refractivity contribution is 5.71. The number of fused-ring (bicyclic) bond motifs is 1. The van der Waals surface area contributed by atoms with Gasteiger partial charge in [-0.3, -0.25) is 4.90 Å². The van der Waals surface area contributed by atoms with Crippen molar-refractivity contribution in [2.75, 3.05) is 0 Å². The Labute approximate surface area is 204 Å². The molecule has 3 aromatic carbocycles. The zero-order valence-electron chi connectivity index (χ0n) is 19.2. The fraction of sp³-hybridized carbons (Fsp3) is 0.321. The summed E-state index contributed by atoms with van der Waals surface area (Å²) in [6.07, 6.45) is -5.67. The third kappa shape index (κ3) is 5.09. The third-order valence-corrected chi connectivity index (χ3v) is 6.62. The highest BCUT2D eigenvalue weighted by atomic mass is 16.6. The number of hydrogen-bond donors (Lipinski definition) is 2. The number of amides is 1. The topological polar surface area (TPSA) is 88.5 Å². The molecular formula is C28H29NO6. The van der Waals surface area contributed by atoms with Crippen molar-refractivity contribution in [2.45, 2.75) is 56.3 Å². The number of carbonyl (C=O) groups excluding carboxylic acids is 1. The lowest BCUT2D eigenvalue weighted by Gasteiger charge is -2.45. The van der Waals surface area contributed by atoms with E-state index in [2.05, 4.69) is 0 Å². The largest absolute Gasteiger partial charge is 0.441 e. The predicted molar refractivity (Wildman–Crippen MR) is 128 cm³/mol. The van der Waals surface area contributed by atoms with E-state index in [0.717, 1.165) is 16.7 Å². The van der Waals surface area contributed by atoms with Crippen molar-refractivity contribution in [3.63, 3.8) is 0 Å². The molecule has 1 saturated carbocycles. The van der Waals surface area contributed by atoms with Crippen LogP contribution in [0.1, 0.15) is 16.7 Å². The van der Waals surface area contributed by atoms with Gasteiger partial charge in [-0.2, -0.15) is 0 Å². The van der Waals surface area contributed by atoms with Crippen molar-refractivity contribution in [1.29, 1.82) is 0 Å². The number of ether oxygens (including phenoxy) is 3. The van der Waals surface area contributed by atoms with Crippen LogP contribution in [0.2, 0.25) is 0 Å². The molecule has 0 spiro atoms. The van der Waals surface area contributed by atoms with Gasteiger partial charge in [0.15, 0.2) is 6.10 Å². The standard InChI is InChI=1S/C28H29NO6/c30-23-24(31)27(34-18-21-14-8-3-9-15-21)26(33-17-20-12-6-2-7-13-20)22-25(23)35-28(32)29(22)16-19-10-4-1-5-11-19/h1-15,22-27,30-31H,16-18H2/t22-,23+,24-,25+,26-,27-/m0/s1. The maximum atomic E-state index is 12.9. The van der Waals surface area contributed by atoms with Gasteiger partial charge in [0, 0.05) is 6.54 Å². The van der Waals surface area contributed by atoms with Gasteiger partial charge >= 0.3 is 6.09 Å². The average molecular weight is 476 g/mol. The first-order valence-electron chi connectivity index (χ1n) is 11.8. The van der Waals surface area contributed by atoms with E-state index in [1.54, 1.807) is 4.90 Å². The quantitative estimate of drug-likeness (QED) is 0.520. The van der Waals surface area contributed by atoms with E-state index < -0.39 is 42.7 Å². The summed E-state index contributed by atoms with van der Waals surface area (Å²) in [5, 5.41) is 22.0. The van der Waals surface area contributed by atoms with Gasteiger partial charge in [-0.15, -0.1) is 0 Å². The molecule has 7 nitrogen and oxygen atoms in total. The Balaban J connectivity index is 1.44. The number of aliphatic hydroxyl groups is 2. The SMILES string of the molecule is O=C1O[C@H]2[C@H](O)[C@H](O)[C@H](OCc3ccccc3)[C@@H](OCc3ccccc3)[C@H]2N1Cc1ccccc1. The number of hydrogen-bond acceptors (Lipinski definition) is 6. The molecule has 5 rings (SSSR count). The molecular weight excluding hydrogens is 446 g/mol. The number of rotatable bonds is 8. The van der Waals surface area contributed by atoms with Crippen molar-refractivity contribution in [2.24, 2.45) is 0 Å². The molecule has 35 heavy (non-hydrogen) atoms. The monoisotopic (exact) mass is 475 g/mol. The molecule has 0 unspecified atom stereocenters. The molecule has 1 amide bonds. The van der Waals surface area contributed by atoms with Gasteiger partial charge in [0.05, 0.1) is 13.2 Å². The van der Waals surface area contributed by atoms with Crippen LogP contribution in [0.4, 0.5) is 4.79 Å². The number of carbonyl (C=O) groups is 1. The van der Waals surface area contributed by atoms with E-state index in [0.29, 0.717) is 6.54 Å². The lowest BCUT2D eigenvalue weighted by Crippen LogP contribution is -2.66. The summed E-state index contributed by atoms with van der Waals surface area (Å²) < 4.78 is 18.1. The Hall–Kier alpha value is -3.23. The first kappa shape index (κ1) is 23.5. The van der Waals surface area contributed by atoms with Crippen molar-refractivity contribution < 1.29 is 29.2 Å². The molecule has 1 aliphatic carbocycles. The predicted octanol–water partition coefficient (Wildman–Crippen LogP) is 3.28. The Morgan fingerprint density at radius 1 is 0.686 bits per heavy atom. The summed E-state index contributed by atoms with van der Waals surface area (Å²) >= 11 is 0. The van der Waals surface area contributed by atoms with Gasteiger partial charge in [-0.25, -0.2) is 4.79 Å². The van der Waals surface area contributed by atoms with Crippen LogP contribution in [-0.4, -0.2) is 57.8 Å². The number of aliphatic hydroxyl groups excluding tert-OH is 2. The third-order valence-electron chi connectivity index (χ3n) is 6.62. The van der Waals surface area contributed by atoms with Crippen molar-refractivity contribution in [3.8, 4) is 0 Å². The summed E-state index contributed by atoms with van der Waals surface area (Å²) in [6, 6.07) is 28.2. The van der Waals surface area contributed by atoms with Crippen LogP contribution < -0.4 is 0 Å². The van der Waals surface area contributed by atoms with Gasteiger partial charge in [0.2, 0.25) is 0 Å². The molecule has 0 aromatic heterocycles. The minimum Gasteiger partial charge on any atom is -0.441 e. The Morgan fingerprint density at radius 2 is 1.17 bits per heavy atom. The second-order valence-electron chi connectivity index (χ2n) is 8.96. The van der Waals surface area contributed by atoms with Crippen LogP contribution in [0, 0.1) is 0 Å². The Morgan fingerprint density at radius 3 is 1.71 bits per heavy atom. The summed E-state index contributed by atoms with van der Waals surface area (Å²) in [5.41, 5.74) is 2.80. The molecule has 3 aromatic rings. The van der Waals surface area contributed by atoms with Gasteiger partial charge in [0.25, 0.3) is 0 Å². The van der Waals surface area contributed by atoms with E-state index in [1.165, 1.54) is 0 Å². The minimum atomic E-state index is -1.30. The second kappa shape index (κ2) is 10.6. The fourth-order valence-electron chi connectivity index (χ4n) is 4.84. The summed E-state index contributed by atoms with van der Waals surface area (Å²) in [4.78, 5) is 14.5. The Kier molecular flexibility index (Phi) is 7.11. The highest BCUT2D eigenvalue weighted by Gasteiger charge is 2.59. The highest BCUT2D eigenvalue weighted by Crippen LogP contribution is 2.37. The van der Waals surface area contributed by atoms with Crippen molar-refractivity contribution >= 4 is 6.09 Å². The maximum absolute atomic E-state index is 12.9. The lowest BCUT2D eigenvalue weighted by atomic mass is 9.82. The zero-order valence-corrected chi connectivity index (χ0v) is 19.2. The van der Waals surface area contributed by atoms with Crippen LogP contribution >= 0.6 is 0 Å². The van der Waals surface area contributed by atoms with Crippen LogP contribution in [0.5, 0.6) is 0 Å². The Bertz CT molecular complexity index is 1100. The van der Waals surface area contributed by atoms with Gasteiger partial charge in [-0.1, -0.05) is 91.0 Å². The molecule has 6 atom stereocenters. The van der Waals surface area contributed by atoms with Crippen LogP contribution in [-0.2, 0) is 34.0 Å². The van der Waals surface area contributed by atoms with E-state index in [-0.39, 0.29) is 13.2 Å². The molecule has 2 fully saturated rings. The van der Waals surface area contributed by atoms with Crippen LogP contribution in [0.25, 0.3) is 0 Å². The van der Waals surface area contributed by atoms with Crippen LogP contribution in [0.15, 0.2) is 91.0 Å². The molecule has 1 saturated heterocycles. The van der Waals surface area contributed by atoms with E-state index in [9.17, 15) is 15.0 Å². The molecule has 182 valence electrons. The van der Waals surface area contributed by atoms with E-state index in [4.69, 9.17) is 14.2 Å². The summed E-state index contributed by atoms with van der Waals surface area (Å²) in [6.45, 7) is 0.779. The lowest BCUT2D eigenvalue weighted by molar-refractivity contribution is -0.218. The molecule has 0 bridgehead atoms. The summed E-state index contributed by atoms with van der Waals surface area (Å²) in [5.74, 6) is 0. The molecule has 7 heteroatoms. The van der Waals surface area contributed by atoms with Gasteiger partial charge in [-0.05, 0) is 16.7 Å². The van der Waals surface area contributed by atoms with E-state index in [1.807, 2.05) is 91.0 Å². The van der Waals surface area contributed by atoms with Crippen molar-refractivity contribution in [3.05, 3.63) is 108 Å². The maximum Gasteiger partial charge on any atom is 0.410 e. The molecule has 1 heterocycles. The molecule has 0 radical (unpaired) electrons. The minimum absolute atomic E-state index is 0.228. The normalized spacial score (nSPS) is 27.9. The molecule has 2 N–H and O–H groups in total.